The highest BCUT2D eigenvalue weighted by Gasteiger charge is 2.17. The molecule has 0 radical (unpaired) electrons. The second kappa shape index (κ2) is 8.64. The van der Waals surface area contributed by atoms with Gasteiger partial charge in [0.1, 0.15) is 13.2 Å². The second-order valence-electron chi connectivity index (χ2n) is 6.86. The number of hydrogen-bond donors (Lipinski definition) is 2. The summed E-state index contributed by atoms with van der Waals surface area (Å²) in [6, 6.07) is 5.49. The number of amides is 1. The van der Waals surface area contributed by atoms with Crippen LogP contribution in [0, 0.1) is 0 Å². The smallest absolute Gasteiger partial charge is 0.278 e. The molecule has 0 saturated heterocycles. The molecule has 2 heterocycles. The fourth-order valence-corrected chi connectivity index (χ4v) is 4.03. The summed E-state index contributed by atoms with van der Waals surface area (Å²) in [6.45, 7) is 0.976. The molecule has 2 aromatic rings. The van der Waals surface area contributed by atoms with Crippen LogP contribution in [0.1, 0.15) is 32.1 Å². The zero-order chi connectivity index (χ0) is 19.3. The van der Waals surface area contributed by atoms with Crippen LogP contribution in [0.3, 0.4) is 0 Å². The third kappa shape index (κ3) is 4.46. The van der Waals surface area contributed by atoms with E-state index in [0.717, 1.165) is 25.7 Å². The van der Waals surface area contributed by atoms with E-state index in [4.69, 9.17) is 9.47 Å². The lowest BCUT2D eigenvalue weighted by Crippen LogP contribution is -2.37. The molecule has 2 N–H and O–H groups in total. The number of nitrogens with one attached hydrogen (secondary N) is 2. The van der Waals surface area contributed by atoms with Gasteiger partial charge in [0.15, 0.2) is 22.3 Å². The number of benzene rings is 1. The van der Waals surface area contributed by atoms with E-state index in [9.17, 15) is 9.59 Å². The van der Waals surface area contributed by atoms with Crippen molar-refractivity contribution in [2.75, 3.05) is 19.0 Å². The number of carbonyl (C=O) groups excluding carboxylic acids is 1. The predicted octanol–water partition coefficient (Wildman–Crippen LogP) is 2.14. The van der Waals surface area contributed by atoms with Crippen molar-refractivity contribution in [3.8, 4) is 22.8 Å². The van der Waals surface area contributed by atoms with Gasteiger partial charge in [-0.25, -0.2) is 0 Å². The minimum atomic E-state index is -0.359. The first-order valence-electron chi connectivity index (χ1n) is 9.48. The summed E-state index contributed by atoms with van der Waals surface area (Å²) in [6.07, 6.45) is 5.65. The third-order valence-electron chi connectivity index (χ3n) is 4.80. The van der Waals surface area contributed by atoms with Crippen LogP contribution in [0.15, 0.2) is 28.2 Å². The first-order chi connectivity index (χ1) is 13.7. The number of hydrogen-bond acceptors (Lipinski definition) is 7. The molecule has 1 fully saturated rings. The molecule has 0 atom stereocenters. The Morgan fingerprint density at radius 3 is 2.71 bits per heavy atom. The normalized spacial score (nSPS) is 16.6. The van der Waals surface area contributed by atoms with Crippen LogP contribution in [0.5, 0.6) is 11.5 Å². The predicted molar refractivity (Wildman–Crippen MR) is 105 cm³/mol. The number of rotatable bonds is 5. The van der Waals surface area contributed by atoms with Crippen molar-refractivity contribution in [3.63, 3.8) is 0 Å². The molecule has 148 valence electrons. The summed E-state index contributed by atoms with van der Waals surface area (Å²) in [5.74, 6) is 1.39. The topological polar surface area (TPSA) is 106 Å². The van der Waals surface area contributed by atoms with Crippen LogP contribution in [0.4, 0.5) is 0 Å². The molecular weight excluding hydrogens is 380 g/mol. The van der Waals surface area contributed by atoms with Gasteiger partial charge < -0.3 is 14.8 Å². The van der Waals surface area contributed by atoms with Crippen LogP contribution in [-0.4, -0.2) is 46.1 Å². The van der Waals surface area contributed by atoms with Crippen molar-refractivity contribution < 1.29 is 14.3 Å². The SMILES string of the molecule is O=C(CSc1nnc(-c2ccc3c(c2)OCCO3)c(=O)[nH]1)NC1CCCCC1. The van der Waals surface area contributed by atoms with E-state index in [1.165, 1.54) is 18.2 Å². The van der Waals surface area contributed by atoms with Gasteiger partial charge in [-0.2, -0.15) is 0 Å². The Labute approximate surface area is 166 Å². The first-order valence-corrected chi connectivity index (χ1v) is 10.5. The van der Waals surface area contributed by atoms with E-state index in [1.54, 1.807) is 18.2 Å². The summed E-state index contributed by atoms with van der Waals surface area (Å²) in [5, 5.41) is 11.5. The van der Waals surface area contributed by atoms with Gasteiger partial charge in [0.05, 0.1) is 5.75 Å². The molecule has 28 heavy (non-hydrogen) atoms. The maximum Gasteiger partial charge on any atom is 0.278 e. The quantitative estimate of drug-likeness (QED) is 0.738. The Hall–Kier alpha value is -2.55. The molecule has 2 aliphatic rings. The molecular formula is C19H22N4O4S. The van der Waals surface area contributed by atoms with Crippen molar-refractivity contribution >= 4 is 17.7 Å². The van der Waals surface area contributed by atoms with E-state index in [0.29, 0.717) is 35.4 Å². The van der Waals surface area contributed by atoms with Gasteiger partial charge in [-0.1, -0.05) is 31.0 Å². The summed E-state index contributed by atoms with van der Waals surface area (Å²) in [5.41, 5.74) is 0.444. The lowest BCUT2D eigenvalue weighted by Gasteiger charge is -2.22. The van der Waals surface area contributed by atoms with Crippen LogP contribution < -0.4 is 20.3 Å². The Kier molecular flexibility index (Phi) is 5.80. The first kappa shape index (κ1) is 18.8. The number of carbonyl (C=O) groups is 1. The van der Waals surface area contributed by atoms with Gasteiger partial charge in [-0.05, 0) is 31.0 Å². The number of thioether (sulfide) groups is 1. The molecule has 8 nitrogen and oxygen atoms in total. The van der Waals surface area contributed by atoms with Crippen molar-refractivity contribution in [1.29, 1.82) is 0 Å². The van der Waals surface area contributed by atoms with Gasteiger partial charge in [0, 0.05) is 11.6 Å². The maximum atomic E-state index is 12.4. The summed E-state index contributed by atoms with van der Waals surface area (Å²) < 4.78 is 11.0. The largest absolute Gasteiger partial charge is 0.486 e. The number of H-pyrrole nitrogens is 1. The second-order valence-corrected chi connectivity index (χ2v) is 7.82. The Morgan fingerprint density at radius 2 is 1.93 bits per heavy atom. The maximum absolute atomic E-state index is 12.4. The van der Waals surface area contributed by atoms with Gasteiger partial charge in [-0.3, -0.25) is 14.6 Å². The highest BCUT2D eigenvalue weighted by Crippen LogP contribution is 2.33. The van der Waals surface area contributed by atoms with E-state index >= 15 is 0 Å². The van der Waals surface area contributed by atoms with Crippen molar-refractivity contribution in [2.24, 2.45) is 0 Å². The number of aromatic amines is 1. The Balaban J connectivity index is 1.39. The third-order valence-corrected chi connectivity index (χ3v) is 5.67. The minimum Gasteiger partial charge on any atom is -0.486 e. The van der Waals surface area contributed by atoms with E-state index < -0.39 is 0 Å². The lowest BCUT2D eigenvalue weighted by atomic mass is 9.95. The monoisotopic (exact) mass is 402 g/mol. The van der Waals surface area contributed by atoms with Crippen molar-refractivity contribution in [3.05, 3.63) is 28.6 Å². The molecule has 1 aliphatic heterocycles. The average molecular weight is 402 g/mol. The van der Waals surface area contributed by atoms with Crippen molar-refractivity contribution in [1.82, 2.24) is 20.5 Å². The zero-order valence-electron chi connectivity index (χ0n) is 15.4. The number of ether oxygens (including phenoxy) is 2. The average Bonchev–Trinajstić information content (AvgIpc) is 2.73. The summed E-state index contributed by atoms with van der Waals surface area (Å²) in [4.78, 5) is 27.2. The standard InChI is InChI=1S/C19H22N4O4S/c24-16(20-13-4-2-1-3-5-13)11-28-19-21-18(25)17(22-23-19)12-6-7-14-15(10-12)27-9-8-26-14/h6-7,10,13H,1-5,8-9,11H2,(H,20,24)(H,21,23,25). The fraction of sp³-hybridized carbons (Fsp3) is 0.474. The van der Waals surface area contributed by atoms with Crippen LogP contribution in [-0.2, 0) is 4.79 Å². The summed E-state index contributed by atoms with van der Waals surface area (Å²) in [7, 11) is 0. The van der Waals surface area contributed by atoms with Crippen LogP contribution in [0.2, 0.25) is 0 Å². The number of nitrogens with zero attached hydrogens (tertiary/aromatic N) is 2. The molecule has 4 rings (SSSR count). The molecule has 0 unspecified atom stereocenters. The van der Waals surface area contributed by atoms with Crippen LogP contribution in [0.25, 0.3) is 11.3 Å². The molecule has 9 heteroatoms. The molecule has 1 amide bonds. The van der Waals surface area contributed by atoms with E-state index in [-0.39, 0.29) is 29.0 Å². The molecule has 1 aromatic carbocycles. The van der Waals surface area contributed by atoms with Gasteiger partial charge >= 0.3 is 0 Å². The minimum absolute atomic E-state index is 0.0459. The van der Waals surface area contributed by atoms with E-state index in [2.05, 4.69) is 20.5 Å². The fourth-order valence-electron chi connectivity index (χ4n) is 3.42. The van der Waals surface area contributed by atoms with Gasteiger partial charge in [-0.15, -0.1) is 10.2 Å². The molecule has 0 bridgehead atoms. The molecule has 1 aromatic heterocycles. The molecule has 0 spiro atoms. The van der Waals surface area contributed by atoms with Gasteiger partial charge in [0.25, 0.3) is 5.56 Å². The van der Waals surface area contributed by atoms with Gasteiger partial charge in [0.2, 0.25) is 5.91 Å². The number of fused-ring (bicyclic) bond motifs is 1. The van der Waals surface area contributed by atoms with Crippen molar-refractivity contribution in [2.45, 2.75) is 43.3 Å². The van der Waals surface area contributed by atoms with E-state index in [1.807, 2.05) is 0 Å². The lowest BCUT2D eigenvalue weighted by molar-refractivity contribution is -0.119. The highest BCUT2D eigenvalue weighted by atomic mass is 32.2. The zero-order valence-corrected chi connectivity index (χ0v) is 16.2. The van der Waals surface area contributed by atoms with Crippen LogP contribution >= 0.6 is 11.8 Å². The summed E-state index contributed by atoms with van der Waals surface area (Å²) >= 11 is 1.17. The Bertz CT molecular complexity index is 911. The Morgan fingerprint density at radius 1 is 1.14 bits per heavy atom. The molecule has 1 saturated carbocycles. The molecule has 1 aliphatic carbocycles. The number of aromatic nitrogens is 3. The highest BCUT2D eigenvalue weighted by molar-refractivity contribution is 7.99.